The van der Waals surface area contributed by atoms with Crippen LogP contribution in [0.25, 0.3) is 22.4 Å². The number of benzene rings is 1. The van der Waals surface area contributed by atoms with Gasteiger partial charge in [-0.2, -0.15) is 5.10 Å². The van der Waals surface area contributed by atoms with Crippen LogP contribution in [0.2, 0.25) is 0 Å². The quantitative estimate of drug-likeness (QED) is 0.453. The highest BCUT2D eigenvalue weighted by atomic mass is 16.6. The minimum atomic E-state index is -0.385. The van der Waals surface area contributed by atoms with E-state index in [0.717, 1.165) is 68.3 Å². The lowest BCUT2D eigenvalue weighted by atomic mass is 10.0. The van der Waals surface area contributed by atoms with Gasteiger partial charge in [0.15, 0.2) is 0 Å². The number of hydrogen-bond acceptors (Lipinski definition) is 5. The molecule has 0 amide bonds. The maximum atomic E-state index is 10.9. The van der Waals surface area contributed by atoms with Gasteiger partial charge in [-0.1, -0.05) is 0 Å². The predicted molar refractivity (Wildman–Crippen MR) is 111 cm³/mol. The second-order valence-electron chi connectivity index (χ2n) is 7.14. The summed E-state index contributed by atoms with van der Waals surface area (Å²) in [5, 5.41) is 15.6. The van der Waals surface area contributed by atoms with Crippen LogP contribution in [-0.4, -0.2) is 57.0 Å². The summed E-state index contributed by atoms with van der Waals surface area (Å²) in [6.07, 6.45) is 6.28. The first-order valence-electron chi connectivity index (χ1n) is 9.92. The number of nitro benzene ring substituents is 1. The van der Waals surface area contributed by atoms with E-state index in [-0.39, 0.29) is 10.6 Å². The molecule has 1 aliphatic heterocycles. The van der Waals surface area contributed by atoms with Gasteiger partial charge in [-0.15, -0.1) is 0 Å². The van der Waals surface area contributed by atoms with E-state index in [4.69, 9.17) is 9.84 Å². The first kappa shape index (κ1) is 19.4. The Morgan fingerprint density at radius 3 is 2.52 bits per heavy atom. The summed E-state index contributed by atoms with van der Waals surface area (Å²) in [7, 11) is 0. The molecule has 0 N–H and O–H groups in total. The molecule has 1 aromatic carbocycles. The number of aromatic nitrogens is 3. The molecule has 0 spiro atoms. The third-order valence-corrected chi connectivity index (χ3v) is 5.28. The van der Waals surface area contributed by atoms with Crippen molar-refractivity contribution in [3.63, 3.8) is 0 Å². The smallest absolute Gasteiger partial charge is 0.269 e. The van der Waals surface area contributed by atoms with Gasteiger partial charge in [0.25, 0.3) is 5.69 Å². The van der Waals surface area contributed by atoms with Crippen LogP contribution < -0.4 is 0 Å². The Kier molecular flexibility index (Phi) is 5.73. The summed E-state index contributed by atoms with van der Waals surface area (Å²) in [6.45, 7) is 8.33. The molecule has 8 nitrogen and oxygen atoms in total. The molecule has 8 heteroatoms. The molecule has 3 aromatic rings. The number of non-ortho nitro benzene ring substituents is 1. The van der Waals surface area contributed by atoms with Gasteiger partial charge >= 0.3 is 0 Å². The van der Waals surface area contributed by atoms with E-state index < -0.39 is 0 Å². The monoisotopic (exact) mass is 395 g/mol. The minimum Gasteiger partial charge on any atom is -0.379 e. The fraction of sp³-hybridized carbons (Fsp3) is 0.381. The molecule has 3 heterocycles. The second-order valence-corrected chi connectivity index (χ2v) is 7.14. The standard InChI is InChI=1S/C21H25N5O3/c1-2-25-16-20(21(22-25)17-3-5-19(6-4-17)26(27)28)18-7-8-24(15-18)10-9-23-11-13-29-14-12-23/h3-8,15-16H,2,9-14H2,1H3. The topological polar surface area (TPSA) is 78.4 Å². The summed E-state index contributed by atoms with van der Waals surface area (Å²) in [4.78, 5) is 13.0. The lowest BCUT2D eigenvalue weighted by Crippen LogP contribution is -2.38. The van der Waals surface area contributed by atoms with Crippen molar-refractivity contribution in [1.82, 2.24) is 19.2 Å². The van der Waals surface area contributed by atoms with Gasteiger partial charge in [0, 0.05) is 80.1 Å². The Balaban J connectivity index is 1.56. The van der Waals surface area contributed by atoms with E-state index in [1.54, 1.807) is 12.1 Å². The molecule has 29 heavy (non-hydrogen) atoms. The van der Waals surface area contributed by atoms with Crippen LogP contribution in [0, 0.1) is 10.1 Å². The normalized spacial score (nSPS) is 14.9. The van der Waals surface area contributed by atoms with E-state index in [0.29, 0.717) is 0 Å². The molecule has 1 saturated heterocycles. The Hall–Kier alpha value is -2.97. The number of rotatable bonds is 7. The lowest BCUT2D eigenvalue weighted by Gasteiger charge is -2.26. The van der Waals surface area contributed by atoms with Crippen molar-refractivity contribution >= 4 is 5.69 Å². The number of aryl methyl sites for hydroxylation is 1. The highest BCUT2D eigenvalue weighted by Gasteiger charge is 2.16. The van der Waals surface area contributed by atoms with E-state index in [1.807, 2.05) is 17.8 Å². The Labute approximate surface area is 169 Å². The molecule has 4 rings (SSSR count). The van der Waals surface area contributed by atoms with Gasteiger partial charge < -0.3 is 9.30 Å². The summed E-state index contributed by atoms with van der Waals surface area (Å²) in [5.74, 6) is 0. The van der Waals surface area contributed by atoms with Crippen LogP contribution in [0.4, 0.5) is 5.69 Å². The zero-order valence-corrected chi connectivity index (χ0v) is 16.5. The van der Waals surface area contributed by atoms with Crippen LogP contribution in [0.5, 0.6) is 0 Å². The van der Waals surface area contributed by atoms with E-state index in [2.05, 4.69) is 27.9 Å². The molecular weight excluding hydrogens is 370 g/mol. The van der Waals surface area contributed by atoms with Crippen LogP contribution in [0.15, 0.2) is 48.9 Å². The molecule has 0 bridgehead atoms. The maximum Gasteiger partial charge on any atom is 0.269 e. The summed E-state index contributed by atoms with van der Waals surface area (Å²) in [5.41, 5.74) is 3.93. The van der Waals surface area contributed by atoms with Gasteiger partial charge in [-0.3, -0.25) is 19.7 Å². The predicted octanol–water partition coefficient (Wildman–Crippen LogP) is 3.28. The molecule has 2 aromatic heterocycles. The van der Waals surface area contributed by atoms with Crippen molar-refractivity contribution < 1.29 is 9.66 Å². The fourth-order valence-corrected chi connectivity index (χ4v) is 3.57. The molecule has 0 aliphatic carbocycles. The van der Waals surface area contributed by atoms with Gasteiger partial charge in [-0.05, 0) is 25.1 Å². The summed E-state index contributed by atoms with van der Waals surface area (Å²) in [6, 6.07) is 8.68. The highest BCUT2D eigenvalue weighted by molar-refractivity contribution is 5.80. The number of nitro groups is 1. The van der Waals surface area contributed by atoms with Crippen molar-refractivity contribution in [2.45, 2.75) is 20.0 Å². The molecule has 0 atom stereocenters. The average Bonchev–Trinajstić information content (AvgIpc) is 3.40. The molecule has 152 valence electrons. The fourth-order valence-electron chi connectivity index (χ4n) is 3.57. The molecule has 0 unspecified atom stereocenters. The van der Waals surface area contributed by atoms with Crippen LogP contribution >= 0.6 is 0 Å². The number of nitrogens with zero attached hydrogens (tertiary/aromatic N) is 5. The zero-order chi connectivity index (χ0) is 20.2. The molecule has 1 aliphatic rings. The first-order valence-corrected chi connectivity index (χ1v) is 9.92. The largest absolute Gasteiger partial charge is 0.379 e. The average molecular weight is 395 g/mol. The van der Waals surface area contributed by atoms with Crippen molar-refractivity contribution in [1.29, 1.82) is 0 Å². The number of hydrogen-bond donors (Lipinski definition) is 0. The Morgan fingerprint density at radius 2 is 1.83 bits per heavy atom. The van der Waals surface area contributed by atoms with Crippen LogP contribution in [-0.2, 0) is 17.8 Å². The van der Waals surface area contributed by atoms with Crippen molar-refractivity contribution in [2.75, 3.05) is 32.8 Å². The Morgan fingerprint density at radius 1 is 1.07 bits per heavy atom. The van der Waals surface area contributed by atoms with Gasteiger partial charge in [0.2, 0.25) is 0 Å². The summed E-state index contributed by atoms with van der Waals surface area (Å²) >= 11 is 0. The third-order valence-electron chi connectivity index (χ3n) is 5.28. The number of morpholine rings is 1. The molecular formula is C21H25N5O3. The van der Waals surface area contributed by atoms with E-state index in [1.165, 1.54) is 12.1 Å². The second kappa shape index (κ2) is 8.59. The highest BCUT2D eigenvalue weighted by Crippen LogP contribution is 2.32. The lowest BCUT2D eigenvalue weighted by molar-refractivity contribution is -0.384. The first-order chi connectivity index (χ1) is 14.1. The van der Waals surface area contributed by atoms with Crippen LogP contribution in [0.3, 0.4) is 0 Å². The van der Waals surface area contributed by atoms with Crippen LogP contribution in [0.1, 0.15) is 6.92 Å². The Bertz CT molecular complexity index is 971. The van der Waals surface area contributed by atoms with Crippen molar-refractivity contribution in [3.8, 4) is 22.4 Å². The zero-order valence-electron chi connectivity index (χ0n) is 16.5. The van der Waals surface area contributed by atoms with Gasteiger partial charge in [0.05, 0.1) is 18.1 Å². The number of ether oxygens (including phenoxy) is 1. The third kappa shape index (κ3) is 4.38. The molecule has 0 radical (unpaired) electrons. The summed E-state index contributed by atoms with van der Waals surface area (Å²) < 4.78 is 9.51. The molecule has 0 saturated carbocycles. The molecule has 1 fully saturated rings. The van der Waals surface area contributed by atoms with Gasteiger partial charge in [-0.25, -0.2) is 0 Å². The van der Waals surface area contributed by atoms with Gasteiger partial charge in [0.1, 0.15) is 5.69 Å². The minimum absolute atomic E-state index is 0.0829. The SMILES string of the molecule is CCn1cc(-c2ccn(CCN3CCOCC3)c2)c(-c2ccc([N+](=O)[O-])cc2)n1. The maximum absolute atomic E-state index is 10.9. The van der Waals surface area contributed by atoms with Crippen molar-refractivity contribution in [3.05, 3.63) is 59.0 Å². The van der Waals surface area contributed by atoms with E-state index in [9.17, 15) is 10.1 Å². The van der Waals surface area contributed by atoms with Crippen molar-refractivity contribution in [2.24, 2.45) is 0 Å². The van der Waals surface area contributed by atoms with E-state index >= 15 is 0 Å².